The predicted octanol–water partition coefficient (Wildman–Crippen LogP) is 2.34. The maximum atomic E-state index is 12.1. The lowest BCUT2D eigenvalue weighted by Crippen LogP contribution is -2.46. The highest BCUT2D eigenvalue weighted by Gasteiger charge is 2.27. The van der Waals surface area contributed by atoms with Crippen LogP contribution in [0.25, 0.3) is 0 Å². The number of hydrogen-bond donors (Lipinski definition) is 2. The summed E-state index contributed by atoms with van der Waals surface area (Å²) in [5.41, 5.74) is 8.33. The molecule has 2 rings (SSSR count). The third kappa shape index (κ3) is 4.15. The second kappa shape index (κ2) is 6.06. The zero-order valence-electron chi connectivity index (χ0n) is 12.4. The van der Waals surface area contributed by atoms with Gasteiger partial charge in [-0.05, 0) is 38.5 Å². The molecule has 0 radical (unpaired) electrons. The summed E-state index contributed by atoms with van der Waals surface area (Å²) in [5.74, 6) is 1.08. The van der Waals surface area contributed by atoms with Gasteiger partial charge in [0.25, 0.3) is 0 Å². The SMILES string of the molecule is Cc1ccc(NC(=O)CN2CCSC(C)(C)C2)c(N)c1. The van der Waals surface area contributed by atoms with Gasteiger partial charge in [-0.25, -0.2) is 0 Å². The highest BCUT2D eigenvalue weighted by atomic mass is 32.2. The summed E-state index contributed by atoms with van der Waals surface area (Å²) in [6.07, 6.45) is 0. The predicted molar refractivity (Wildman–Crippen MR) is 87.2 cm³/mol. The van der Waals surface area contributed by atoms with Gasteiger partial charge in [0, 0.05) is 23.6 Å². The molecule has 4 nitrogen and oxygen atoms in total. The molecule has 0 aliphatic carbocycles. The Morgan fingerprint density at radius 1 is 1.50 bits per heavy atom. The Morgan fingerprint density at radius 3 is 2.90 bits per heavy atom. The van der Waals surface area contributed by atoms with Gasteiger partial charge >= 0.3 is 0 Å². The number of thioether (sulfide) groups is 1. The van der Waals surface area contributed by atoms with Crippen LogP contribution in [0.4, 0.5) is 11.4 Å². The molecule has 1 fully saturated rings. The van der Waals surface area contributed by atoms with Crippen molar-refractivity contribution in [3.8, 4) is 0 Å². The fraction of sp³-hybridized carbons (Fsp3) is 0.533. The molecule has 5 heteroatoms. The fourth-order valence-corrected chi connectivity index (χ4v) is 3.61. The van der Waals surface area contributed by atoms with Crippen LogP contribution in [0.15, 0.2) is 18.2 Å². The molecule has 1 aliphatic rings. The van der Waals surface area contributed by atoms with Gasteiger partial charge in [0.2, 0.25) is 5.91 Å². The number of aryl methyl sites for hydroxylation is 1. The van der Waals surface area contributed by atoms with Crippen molar-refractivity contribution >= 4 is 29.0 Å². The van der Waals surface area contributed by atoms with E-state index in [1.54, 1.807) is 0 Å². The third-order valence-corrected chi connectivity index (χ3v) is 4.65. The number of benzene rings is 1. The summed E-state index contributed by atoms with van der Waals surface area (Å²) in [5, 5.41) is 2.90. The van der Waals surface area contributed by atoms with E-state index in [1.165, 1.54) is 0 Å². The van der Waals surface area contributed by atoms with Crippen molar-refractivity contribution < 1.29 is 4.79 Å². The topological polar surface area (TPSA) is 58.4 Å². The van der Waals surface area contributed by atoms with E-state index in [2.05, 4.69) is 24.1 Å². The number of anilines is 2. The third-order valence-electron chi connectivity index (χ3n) is 3.35. The maximum absolute atomic E-state index is 12.1. The Balaban J connectivity index is 1.92. The molecular formula is C15H23N3OS. The van der Waals surface area contributed by atoms with Gasteiger partial charge in [-0.2, -0.15) is 11.8 Å². The molecule has 1 aromatic carbocycles. The van der Waals surface area contributed by atoms with Crippen molar-refractivity contribution in [2.75, 3.05) is 36.4 Å². The molecule has 0 bridgehead atoms. The number of amides is 1. The van der Waals surface area contributed by atoms with E-state index in [-0.39, 0.29) is 10.7 Å². The molecule has 0 unspecified atom stereocenters. The summed E-state index contributed by atoms with van der Waals surface area (Å²) in [6, 6.07) is 5.68. The number of nitrogens with one attached hydrogen (secondary N) is 1. The maximum Gasteiger partial charge on any atom is 0.238 e. The summed E-state index contributed by atoms with van der Waals surface area (Å²) in [7, 11) is 0. The van der Waals surface area contributed by atoms with Crippen LogP contribution in [0.2, 0.25) is 0 Å². The summed E-state index contributed by atoms with van der Waals surface area (Å²) >= 11 is 1.97. The van der Waals surface area contributed by atoms with Crippen molar-refractivity contribution in [1.82, 2.24) is 4.90 Å². The first-order valence-electron chi connectivity index (χ1n) is 6.88. The van der Waals surface area contributed by atoms with Gasteiger partial charge in [-0.1, -0.05) is 6.07 Å². The number of carbonyl (C=O) groups excluding carboxylic acids is 1. The quantitative estimate of drug-likeness (QED) is 0.840. The van der Waals surface area contributed by atoms with E-state index in [4.69, 9.17) is 5.73 Å². The lowest BCUT2D eigenvalue weighted by molar-refractivity contribution is -0.117. The van der Waals surface area contributed by atoms with Crippen molar-refractivity contribution in [3.05, 3.63) is 23.8 Å². The van der Waals surface area contributed by atoms with Crippen LogP contribution in [0.3, 0.4) is 0 Å². The highest BCUT2D eigenvalue weighted by Crippen LogP contribution is 2.29. The van der Waals surface area contributed by atoms with Crippen LogP contribution in [-0.2, 0) is 4.79 Å². The van der Waals surface area contributed by atoms with Crippen molar-refractivity contribution in [1.29, 1.82) is 0 Å². The second-order valence-corrected chi connectivity index (χ2v) is 7.76. The number of rotatable bonds is 3. The standard InChI is InChI=1S/C15H23N3OS/c1-11-4-5-13(12(16)8-11)17-14(19)9-18-6-7-20-15(2,3)10-18/h4-5,8H,6-7,9-10,16H2,1-3H3,(H,17,19). The average Bonchev–Trinajstić information content (AvgIpc) is 2.31. The van der Waals surface area contributed by atoms with Gasteiger partial charge < -0.3 is 11.1 Å². The number of nitrogen functional groups attached to an aromatic ring is 1. The Labute approximate surface area is 125 Å². The molecule has 1 saturated heterocycles. The van der Waals surface area contributed by atoms with E-state index in [9.17, 15) is 4.79 Å². The minimum absolute atomic E-state index is 0.00301. The van der Waals surface area contributed by atoms with Crippen LogP contribution in [-0.4, -0.2) is 40.9 Å². The first-order chi connectivity index (χ1) is 9.35. The minimum atomic E-state index is 0.00301. The van der Waals surface area contributed by atoms with E-state index in [1.807, 2.05) is 36.9 Å². The molecule has 3 N–H and O–H groups in total. The molecule has 1 heterocycles. The first kappa shape index (κ1) is 15.2. The molecule has 0 aromatic heterocycles. The minimum Gasteiger partial charge on any atom is -0.397 e. The average molecular weight is 293 g/mol. The monoisotopic (exact) mass is 293 g/mol. The van der Waals surface area contributed by atoms with Crippen LogP contribution in [0, 0.1) is 6.92 Å². The summed E-state index contributed by atoms with van der Waals surface area (Å²) < 4.78 is 0.224. The Morgan fingerprint density at radius 2 is 2.25 bits per heavy atom. The highest BCUT2D eigenvalue weighted by molar-refractivity contribution is 8.00. The van der Waals surface area contributed by atoms with E-state index in [0.717, 1.165) is 24.4 Å². The number of nitrogens with two attached hydrogens (primary N) is 1. The largest absolute Gasteiger partial charge is 0.397 e. The molecule has 0 atom stereocenters. The molecule has 0 saturated carbocycles. The van der Waals surface area contributed by atoms with E-state index in [0.29, 0.717) is 17.9 Å². The Kier molecular flexibility index (Phi) is 4.60. The summed E-state index contributed by atoms with van der Waals surface area (Å²) in [6.45, 7) is 8.76. The van der Waals surface area contributed by atoms with Crippen molar-refractivity contribution in [2.45, 2.75) is 25.5 Å². The first-order valence-corrected chi connectivity index (χ1v) is 7.87. The van der Waals surface area contributed by atoms with Crippen LogP contribution in [0.5, 0.6) is 0 Å². The molecule has 1 aromatic rings. The van der Waals surface area contributed by atoms with Crippen LogP contribution in [0.1, 0.15) is 19.4 Å². The van der Waals surface area contributed by atoms with Gasteiger partial charge in [-0.15, -0.1) is 0 Å². The molecular weight excluding hydrogens is 270 g/mol. The molecule has 0 spiro atoms. The van der Waals surface area contributed by atoms with Gasteiger partial charge in [0.1, 0.15) is 0 Å². The Bertz CT molecular complexity index is 502. The number of hydrogen-bond acceptors (Lipinski definition) is 4. The Hall–Kier alpha value is -1.20. The zero-order chi connectivity index (χ0) is 14.8. The molecule has 1 amide bonds. The van der Waals surface area contributed by atoms with Crippen LogP contribution >= 0.6 is 11.8 Å². The van der Waals surface area contributed by atoms with Crippen molar-refractivity contribution in [2.24, 2.45) is 0 Å². The van der Waals surface area contributed by atoms with Gasteiger partial charge in [0.15, 0.2) is 0 Å². The lowest BCUT2D eigenvalue weighted by Gasteiger charge is -2.37. The molecule has 1 aliphatic heterocycles. The lowest BCUT2D eigenvalue weighted by atomic mass is 10.2. The molecule has 20 heavy (non-hydrogen) atoms. The van der Waals surface area contributed by atoms with Gasteiger partial charge in [0.05, 0.1) is 17.9 Å². The summed E-state index contributed by atoms with van der Waals surface area (Å²) in [4.78, 5) is 14.3. The number of nitrogens with zero attached hydrogens (tertiary/aromatic N) is 1. The normalized spacial score (nSPS) is 18.8. The fourth-order valence-electron chi connectivity index (χ4n) is 2.44. The van der Waals surface area contributed by atoms with E-state index < -0.39 is 0 Å². The second-order valence-electron chi connectivity index (χ2n) is 5.96. The smallest absolute Gasteiger partial charge is 0.238 e. The zero-order valence-corrected chi connectivity index (χ0v) is 13.2. The van der Waals surface area contributed by atoms with Gasteiger partial charge in [-0.3, -0.25) is 9.69 Å². The van der Waals surface area contributed by atoms with Crippen LogP contribution < -0.4 is 11.1 Å². The number of carbonyl (C=O) groups is 1. The van der Waals surface area contributed by atoms with E-state index >= 15 is 0 Å². The molecule has 110 valence electrons. The van der Waals surface area contributed by atoms with Crippen molar-refractivity contribution in [3.63, 3.8) is 0 Å².